The van der Waals surface area contributed by atoms with Crippen LogP contribution in [0.3, 0.4) is 0 Å². The molecule has 18 rings (SSSR count). The zero-order chi connectivity index (χ0) is 62.9. The third-order valence-corrected chi connectivity index (χ3v) is 19.6. The SMILES string of the molecule is Cc1ccc2c(c1)c1cc(C)ccc1n2-c1c(C#N)c(-n2c3ccc(C)cc3c3cc(C)ccc32)c(-n2c3ccc(-c4ccccc4)cc3c3cc(-c4ccccc4)ccc32)c(-c2ccccc2)c1-n1c2ccc(-c3ccccc3)cc2c2cc(-c3ccccc3)ccc21. The maximum atomic E-state index is 13.4. The van der Waals surface area contributed by atoms with Crippen molar-refractivity contribution in [1.29, 1.82) is 5.26 Å². The number of nitrogens with zero attached hydrogens (tertiary/aromatic N) is 5. The Hall–Kier alpha value is -12.2. The molecule has 5 nitrogen and oxygen atoms in total. The largest absolute Gasteiger partial charge is 0.306 e. The Morgan fingerprint density at radius 2 is 0.426 bits per heavy atom. The summed E-state index contributed by atoms with van der Waals surface area (Å²) in [4.78, 5) is 0. The maximum absolute atomic E-state index is 13.4. The van der Waals surface area contributed by atoms with Gasteiger partial charge in [0.15, 0.2) is 0 Å². The van der Waals surface area contributed by atoms with Crippen molar-refractivity contribution >= 4 is 87.2 Å². The summed E-state index contributed by atoms with van der Waals surface area (Å²) >= 11 is 0. The zero-order valence-electron chi connectivity index (χ0n) is 52.5. The molecule has 0 saturated carbocycles. The zero-order valence-corrected chi connectivity index (χ0v) is 52.5. The van der Waals surface area contributed by atoms with E-state index in [0.717, 1.165) is 188 Å². The highest BCUT2D eigenvalue weighted by atomic mass is 15.1. The van der Waals surface area contributed by atoms with E-state index in [2.05, 4.69) is 349 Å². The van der Waals surface area contributed by atoms with Gasteiger partial charge in [-0.25, -0.2) is 0 Å². The van der Waals surface area contributed by atoms with E-state index in [1.54, 1.807) is 0 Å². The molecule has 0 fully saturated rings. The Bertz CT molecular complexity index is 5510. The predicted octanol–water partition coefficient (Wildman–Crippen LogP) is 23.5. The fourth-order valence-corrected chi connectivity index (χ4v) is 15.3. The lowest BCUT2D eigenvalue weighted by Gasteiger charge is -2.29. The molecule has 0 saturated heterocycles. The van der Waals surface area contributed by atoms with Crippen molar-refractivity contribution in [1.82, 2.24) is 18.3 Å². The number of hydrogen-bond acceptors (Lipinski definition) is 1. The van der Waals surface area contributed by atoms with Crippen LogP contribution in [0.4, 0.5) is 0 Å². The number of aryl methyl sites for hydroxylation is 4. The Labute approximate surface area is 544 Å². The molecule has 0 atom stereocenters. The molecule has 0 aliphatic carbocycles. The molecule has 0 amide bonds. The second-order valence-electron chi connectivity index (χ2n) is 25.4. The summed E-state index contributed by atoms with van der Waals surface area (Å²) in [5, 5.41) is 22.3. The first-order valence-corrected chi connectivity index (χ1v) is 32.4. The van der Waals surface area contributed by atoms with Crippen LogP contribution < -0.4 is 0 Å². The second kappa shape index (κ2) is 21.5. The van der Waals surface area contributed by atoms with Crippen LogP contribution >= 0.6 is 0 Å². The standard InChI is InChI=1S/C89H61N5/c1-55-30-38-77-68(46-55)69-47-56(2)31-39-78(69)91(77)86-76(54-90)87(92-79-40-32-57(3)48-70(79)71-49-58(4)33-41-80(71)92)89(94-83-44-36-66(61-24-14-7-15-25-61)52-74(83)75-53-67(37-45-84(75)94)62-26-16-8-17-27-62)85(63-28-18-9-19-29-63)88(86)93-81-42-34-64(59-20-10-5-11-21-59)50-72(81)73-51-65(35-43-82(73)93)60-22-12-6-13-23-60/h5-53H,1-4H3. The first-order chi connectivity index (χ1) is 46.2. The van der Waals surface area contributed by atoms with Crippen LogP contribution in [0.1, 0.15) is 27.8 Å². The highest BCUT2D eigenvalue weighted by Crippen LogP contribution is 2.53. The molecule has 0 N–H and O–H groups in total. The molecule has 442 valence electrons. The quantitative estimate of drug-likeness (QED) is 0.142. The number of nitriles is 1. The minimum absolute atomic E-state index is 0.526. The van der Waals surface area contributed by atoms with Gasteiger partial charge in [0.05, 0.1) is 66.9 Å². The van der Waals surface area contributed by atoms with Gasteiger partial charge in [0.1, 0.15) is 11.6 Å². The molecule has 0 aliphatic rings. The van der Waals surface area contributed by atoms with Crippen LogP contribution in [0.25, 0.3) is 166 Å². The van der Waals surface area contributed by atoms with Crippen molar-refractivity contribution in [2.24, 2.45) is 0 Å². The Balaban J connectivity index is 1.13. The average molecular weight is 1200 g/mol. The number of rotatable bonds is 9. The molecule has 0 aliphatic heterocycles. The summed E-state index contributed by atoms with van der Waals surface area (Å²) in [5.41, 5.74) is 27.5. The average Bonchev–Trinajstić information content (AvgIpc) is 1.43. The van der Waals surface area contributed by atoms with Crippen LogP contribution in [0.15, 0.2) is 297 Å². The van der Waals surface area contributed by atoms with E-state index in [1.165, 1.54) is 0 Å². The van der Waals surface area contributed by atoms with Gasteiger partial charge < -0.3 is 18.3 Å². The van der Waals surface area contributed by atoms with E-state index in [-0.39, 0.29) is 0 Å². The fraction of sp³-hybridized carbons (Fsp3) is 0.0449. The number of benzene rings is 14. The molecule has 18 aromatic rings. The van der Waals surface area contributed by atoms with Crippen LogP contribution in [0.2, 0.25) is 0 Å². The summed E-state index contributed by atoms with van der Waals surface area (Å²) in [6.07, 6.45) is 0. The van der Waals surface area contributed by atoms with Gasteiger partial charge in [0.2, 0.25) is 0 Å². The molecule has 14 aromatic carbocycles. The third-order valence-electron chi connectivity index (χ3n) is 19.6. The van der Waals surface area contributed by atoms with E-state index >= 15 is 0 Å². The smallest absolute Gasteiger partial charge is 0.104 e. The van der Waals surface area contributed by atoms with Crippen molar-refractivity contribution in [3.63, 3.8) is 0 Å². The minimum atomic E-state index is 0.526. The molecule has 0 bridgehead atoms. The van der Waals surface area contributed by atoms with Gasteiger partial charge in [-0.2, -0.15) is 5.26 Å². The van der Waals surface area contributed by atoms with Gasteiger partial charge in [-0.3, -0.25) is 0 Å². The normalized spacial score (nSPS) is 11.8. The highest BCUT2D eigenvalue weighted by molar-refractivity contribution is 6.19. The van der Waals surface area contributed by atoms with Crippen molar-refractivity contribution < 1.29 is 0 Å². The first kappa shape index (κ1) is 54.7. The van der Waals surface area contributed by atoms with Gasteiger partial charge in [0, 0.05) is 48.7 Å². The van der Waals surface area contributed by atoms with E-state index < -0.39 is 0 Å². The monoisotopic (exact) mass is 1200 g/mol. The topological polar surface area (TPSA) is 43.5 Å². The third kappa shape index (κ3) is 8.47. The summed E-state index contributed by atoms with van der Waals surface area (Å²) in [6, 6.07) is 112. The molecule has 5 heteroatoms. The Morgan fingerprint density at radius 1 is 0.213 bits per heavy atom. The predicted molar refractivity (Wildman–Crippen MR) is 395 cm³/mol. The Kier molecular flexibility index (Phi) is 12.5. The van der Waals surface area contributed by atoms with Crippen molar-refractivity contribution in [3.8, 4) is 84.5 Å². The molecular weight excluding hydrogens is 1140 g/mol. The van der Waals surface area contributed by atoms with Gasteiger partial charge in [-0.05, 0) is 175 Å². The lowest BCUT2D eigenvalue weighted by Crippen LogP contribution is -2.16. The number of fused-ring (bicyclic) bond motifs is 12. The minimum Gasteiger partial charge on any atom is -0.306 e. The molecule has 0 unspecified atom stereocenters. The number of hydrogen-bond donors (Lipinski definition) is 0. The summed E-state index contributed by atoms with van der Waals surface area (Å²) in [6.45, 7) is 8.72. The van der Waals surface area contributed by atoms with Crippen LogP contribution in [-0.4, -0.2) is 18.3 Å². The van der Waals surface area contributed by atoms with E-state index in [0.29, 0.717) is 5.56 Å². The van der Waals surface area contributed by atoms with Gasteiger partial charge in [-0.15, -0.1) is 0 Å². The van der Waals surface area contributed by atoms with Crippen LogP contribution in [0.5, 0.6) is 0 Å². The second-order valence-corrected chi connectivity index (χ2v) is 25.4. The Morgan fingerprint density at radius 3 is 0.670 bits per heavy atom. The molecule has 0 radical (unpaired) electrons. The summed E-state index contributed by atoms with van der Waals surface area (Å²) in [5.74, 6) is 0. The van der Waals surface area contributed by atoms with Crippen molar-refractivity contribution in [2.45, 2.75) is 27.7 Å². The van der Waals surface area contributed by atoms with Crippen LogP contribution in [0, 0.1) is 39.0 Å². The first-order valence-electron chi connectivity index (χ1n) is 32.4. The number of aromatic nitrogens is 4. The van der Waals surface area contributed by atoms with E-state index in [9.17, 15) is 5.26 Å². The lowest BCUT2D eigenvalue weighted by molar-refractivity contribution is 1.04. The molecule has 0 spiro atoms. The lowest BCUT2D eigenvalue weighted by atomic mass is 9.93. The van der Waals surface area contributed by atoms with Crippen LogP contribution in [-0.2, 0) is 0 Å². The molecule has 4 aromatic heterocycles. The maximum Gasteiger partial charge on any atom is 0.104 e. The van der Waals surface area contributed by atoms with Gasteiger partial charge >= 0.3 is 0 Å². The van der Waals surface area contributed by atoms with E-state index in [1.807, 2.05) is 0 Å². The summed E-state index contributed by atoms with van der Waals surface area (Å²) < 4.78 is 9.93. The van der Waals surface area contributed by atoms with Crippen molar-refractivity contribution in [2.75, 3.05) is 0 Å². The van der Waals surface area contributed by atoms with Gasteiger partial charge in [0.25, 0.3) is 0 Å². The van der Waals surface area contributed by atoms with Gasteiger partial charge in [-0.1, -0.05) is 222 Å². The molecule has 4 heterocycles. The molecule has 94 heavy (non-hydrogen) atoms. The van der Waals surface area contributed by atoms with E-state index in [4.69, 9.17) is 0 Å². The fourth-order valence-electron chi connectivity index (χ4n) is 15.3. The summed E-state index contributed by atoms with van der Waals surface area (Å²) in [7, 11) is 0. The highest BCUT2D eigenvalue weighted by Gasteiger charge is 2.35. The molecular formula is C89H61N5. The van der Waals surface area contributed by atoms with Crippen molar-refractivity contribution in [3.05, 3.63) is 325 Å².